The molecule has 2 fully saturated rings. The Balaban J connectivity index is 1.95. The van der Waals surface area contributed by atoms with Gasteiger partial charge in [-0.25, -0.2) is 5.90 Å². The number of methoxy groups -OCH3 is 3. The van der Waals surface area contributed by atoms with Crippen molar-refractivity contribution in [2.24, 2.45) is 5.90 Å². The summed E-state index contributed by atoms with van der Waals surface area (Å²) in [5, 5.41) is 30.6. The average Bonchev–Trinajstić information content (AvgIpc) is 2.87. The van der Waals surface area contributed by atoms with E-state index in [9.17, 15) is 20.1 Å². The van der Waals surface area contributed by atoms with Crippen LogP contribution in [0.2, 0.25) is 0 Å². The summed E-state index contributed by atoms with van der Waals surface area (Å²) >= 11 is 2.94. The van der Waals surface area contributed by atoms with E-state index in [1.54, 1.807) is 20.8 Å². The van der Waals surface area contributed by atoms with Gasteiger partial charge in [-0.15, -0.1) is 0 Å². The Bertz CT molecular complexity index is 957. The van der Waals surface area contributed by atoms with Crippen LogP contribution in [0.1, 0.15) is 36.2 Å². The van der Waals surface area contributed by atoms with Crippen molar-refractivity contribution in [2.45, 2.75) is 81.6 Å². The number of hydrogen-bond donors (Lipinski definition) is 4. The van der Waals surface area contributed by atoms with Gasteiger partial charge in [-0.2, -0.15) is 0 Å². The summed E-state index contributed by atoms with van der Waals surface area (Å²) in [5.74, 6) is 5.63. The van der Waals surface area contributed by atoms with Crippen molar-refractivity contribution in [3.8, 4) is 17.2 Å². The van der Waals surface area contributed by atoms with Gasteiger partial charge in [0, 0.05) is 13.5 Å². The number of halogens is 1. The summed E-state index contributed by atoms with van der Waals surface area (Å²) < 4.78 is 34.4. The van der Waals surface area contributed by atoms with Crippen molar-refractivity contribution in [1.29, 1.82) is 0 Å². The molecule has 0 bridgehead atoms. The molecule has 1 aromatic rings. The Morgan fingerprint density at radius 3 is 2.22 bits per heavy atom. The van der Waals surface area contributed by atoms with E-state index in [1.807, 2.05) is 22.6 Å². The monoisotopic (exact) mass is 659 g/mol. The number of thioether (sulfide) groups is 1. The number of rotatable bonds is 8. The minimum absolute atomic E-state index is 0.120. The zero-order valence-electron chi connectivity index (χ0n) is 21.4. The van der Waals surface area contributed by atoms with Gasteiger partial charge in [-0.05, 0) is 48.9 Å². The third-order valence-electron chi connectivity index (χ3n) is 6.48. The Hall–Kier alpha value is -0.950. The van der Waals surface area contributed by atoms with Crippen molar-refractivity contribution < 1.29 is 53.4 Å². The molecule has 2 aliphatic heterocycles. The van der Waals surface area contributed by atoms with Gasteiger partial charge >= 0.3 is 0 Å². The van der Waals surface area contributed by atoms with Crippen molar-refractivity contribution >= 4 is 39.5 Å². The topological polar surface area (TPSA) is 168 Å². The minimum atomic E-state index is -1.31. The molecule has 0 saturated carbocycles. The third-order valence-corrected chi connectivity index (χ3v) is 9.17. The molecule has 12 nitrogen and oxygen atoms in total. The largest absolute Gasteiger partial charge is 0.492 e. The highest BCUT2D eigenvalue weighted by atomic mass is 127. The predicted octanol–water partition coefficient (Wildman–Crippen LogP) is 1.11. The van der Waals surface area contributed by atoms with Gasteiger partial charge in [0.2, 0.25) is 17.2 Å². The van der Waals surface area contributed by atoms with Gasteiger partial charge in [0.1, 0.15) is 18.3 Å². The highest BCUT2D eigenvalue weighted by molar-refractivity contribution is 14.1. The van der Waals surface area contributed by atoms with Crippen LogP contribution in [0.25, 0.3) is 0 Å². The molecule has 0 aliphatic carbocycles. The second-order valence-corrected chi connectivity index (χ2v) is 11.0. The third kappa shape index (κ3) is 6.13. The Kier molecular flexibility index (Phi) is 10.7. The molecule has 1 aromatic carbocycles. The van der Waals surface area contributed by atoms with Gasteiger partial charge in [-0.1, -0.05) is 11.8 Å². The van der Waals surface area contributed by atoms with Crippen LogP contribution in [-0.4, -0.2) is 96.2 Å². The molecular formula is C23H34INO11S. The van der Waals surface area contributed by atoms with Crippen molar-refractivity contribution in [1.82, 2.24) is 0 Å². The molecule has 0 aromatic heterocycles. The van der Waals surface area contributed by atoms with E-state index in [-0.39, 0.29) is 34.3 Å². The van der Waals surface area contributed by atoms with Crippen LogP contribution < -0.4 is 20.1 Å². The van der Waals surface area contributed by atoms with Gasteiger partial charge in [0.15, 0.2) is 17.8 Å². The second kappa shape index (κ2) is 12.9. The standard InChI is InChI=1S/C23H34INO11S/c1-8-13(22(29)37-21-10(3)33-12(36-25)7-11(21)26)17(30-4)20(32-6)18(14(8)24)35-23-16(28)19(31-5)15(27)9(2)34-23/h9-12,15-16,19,21,23,26-28H,7,25H2,1-6H3/t9-,10+,11-,12-,15?,16+,19+,21+,23-/m0/s1. The molecule has 0 spiro atoms. The molecule has 37 heavy (non-hydrogen) atoms. The Morgan fingerprint density at radius 1 is 1.03 bits per heavy atom. The second-order valence-electron chi connectivity index (χ2n) is 8.80. The summed E-state index contributed by atoms with van der Waals surface area (Å²) in [6.07, 6.45) is -7.23. The smallest absolute Gasteiger partial charge is 0.229 e. The van der Waals surface area contributed by atoms with E-state index in [1.165, 1.54) is 21.3 Å². The molecule has 2 heterocycles. The summed E-state index contributed by atoms with van der Waals surface area (Å²) in [4.78, 5) is 18.2. The lowest BCUT2D eigenvalue weighted by Gasteiger charge is -2.40. The number of nitrogens with two attached hydrogens (primary N) is 1. The Morgan fingerprint density at radius 2 is 1.68 bits per heavy atom. The Labute approximate surface area is 233 Å². The van der Waals surface area contributed by atoms with E-state index in [0.717, 1.165) is 11.8 Å². The molecule has 210 valence electrons. The predicted molar refractivity (Wildman–Crippen MR) is 141 cm³/mol. The van der Waals surface area contributed by atoms with Crippen LogP contribution in [-0.2, 0) is 19.0 Å². The number of carbonyl (C=O) groups excluding carboxylic acids is 1. The highest BCUT2D eigenvalue weighted by Gasteiger charge is 2.45. The van der Waals surface area contributed by atoms with Crippen molar-refractivity contribution in [3.63, 3.8) is 0 Å². The first-order chi connectivity index (χ1) is 17.5. The van der Waals surface area contributed by atoms with Crippen LogP contribution in [0.3, 0.4) is 0 Å². The molecule has 2 aliphatic rings. The summed E-state index contributed by atoms with van der Waals surface area (Å²) in [5.41, 5.74) is 0.774. The quantitative estimate of drug-likeness (QED) is 0.232. The van der Waals surface area contributed by atoms with Gasteiger partial charge in [0.25, 0.3) is 0 Å². The molecule has 9 atom stereocenters. The molecule has 2 saturated heterocycles. The molecule has 0 radical (unpaired) electrons. The SMILES string of the molecule is COc1c(O[C@@H]2O[C@@H](C)C(O)[C@@H](OC)[C@H]2O)c(I)c(C)c(C(=O)S[C@H]2[C@@H](O)C[C@H](ON)O[C@@H]2C)c1OC. The molecule has 5 N–H and O–H groups in total. The molecule has 14 heteroatoms. The van der Waals surface area contributed by atoms with Gasteiger partial charge in [0.05, 0.1) is 46.9 Å². The van der Waals surface area contributed by atoms with Crippen LogP contribution in [0.5, 0.6) is 17.2 Å². The first-order valence-electron chi connectivity index (χ1n) is 11.6. The number of aliphatic hydroxyl groups excluding tert-OH is 3. The van der Waals surface area contributed by atoms with Crippen molar-refractivity contribution in [2.75, 3.05) is 21.3 Å². The number of aliphatic hydroxyl groups is 3. The number of hydrogen-bond acceptors (Lipinski definition) is 13. The van der Waals surface area contributed by atoms with Crippen LogP contribution >= 0.6 is 34.4 Å². The summed E-state index contributed by atoms with van der Waals surface area (Å²) in [6, 6.07) is 0. The molecule has 0 amide bonds. The van der Waals surface area contributed by atoms with E-state index >= 15 is 0 Å². The number of ether oxygens (including phenoxy) is 6. The van der Waals surface area contributed by atoms with Crippen LogP contribution in [0.4, 0.5) is 0 Å². The first-order valence-corrected chi connectivity index (χ1v) is 13.5. The van der Waals surface area contributed by atoms with Crippen LogP contribution in [0.15, 0.2) is 0 Å². The number of benzene rings is 1. The zero-order valence-corrected chi connectivity index (χ0v) is 24.3. The molecular weight excluding hydrogens is 625 g/mol. The van der Waals surface area contributed by atoms with Gasteiger partial charge in [-0.3, -0.25) is 9.63 Å². The maximum Gasteiger partial charge on any atom is 0.229 e. The van der Waals surface area contributed by atoms with Crippen molar-refractivity contribution in [3.05, 3.63) is 14.7 Å². The normalized spacial score (nSPS) is 34.2. The van der Waals surface area contributed by atoms with E-state index in [4.69, 9.17) is 39.2 Å². The van der Waals surface area contributed by atoms with E-state index in [0.29, 0.717) is 9.13 Å². The maximum absolute atomic E-state index is 13.5. The maximum atomic E-state index is 13.5. The average molecular weight is 659 g/mol. The van der Waals surface area contributed by atoms with E-state index in [2.05, 4.69) is 0 Å². The lowest BCUT2D eigenvalue weighted by Crippen LogP contribution is -2.59. The van der Waals surface area contributed by atoms with Gasteiger partial charge < -0.3 is 43.7 Å². The first kappa shape index (κ1) is 30.6. The summed E-state index contributed by atoms with van der Waals surface area (Å²) in [6.45, 7) is 5.09. The minimum Gasteiger partial charge on any atom is -0.492 e. The molecule has 1 unspecified atom stereocenters. The molecule has 3 rings (SSSR count). The highest BCUT2D eigenvalue weighted by Crippen LogP contribution is 2.48. The zero-order chi connectivity index (χ0) is 27.6. The van der Waals surface area contributed by atoms with E-state index < -0.39 is 54.5 Å². The number of carbonyl (C=O) groups is 1. The lowest BCUT2D eigenvalue weighted by atomic mass is 9.99. The lowest BCUT2D eigenvalue weighted by molar-refractivity contribution is -0.273. The summed E-state index contributed by atoms with van der Waals surface area (Å²) in [7, 11) is 4.17. The van der Waals surface area contributed by atoms with Crippen LogP contribution in [0, 0.1) is 10.5 Å². The fourth-order valence-electron chi connectivity index (χ4n) is 4.45. The fourth-order valence-corrected chi connectivity index (χ4v) is 6.22. The fraction of sp³-hybridized carbons (Fsp3) is 0.696.